The maximum absolute atomic E-state index is 5.54. The van der Waals surface area contributed by atoms with Gasteiger partial charge >= 0.3 is 0 Å². The second-order valence-electron chi connectivity index (χ2n) is 6.82. The molecule has 0 unspecified atom stereocenters. The van der Waals surface area contributed by atoms with E-state index in [0.29, 0.717) is 6.04 Å². The number of hydrogen-bond acceptors (Lipinski definition) is 5. The van der Waals surface area contributed by atoms with Gasteiger partial charge in [-0.15, -0.1) is 0 Å². The van der Waals surface area contributed by atoms with Gasteiger partial charge in [0.05, 0.1) is 28.4 Å². The van der Waals surface area contributed by atoms with Crippen molar-refractivity contribution in [1.82, 2.24) is 4.90 Å². The predicted octanol–water partition coefficient (Wildman–Crippen LogP) is 3.38. The van der Waals surface area contributed by atoms with Gasteiger partial charge in [0, 0.05) is 19.1 Å². The lowest BCUT2D eigenvalue weighted by Gasteiger charge is -2.41. The summed E-state index contributed by atoms with van der Waals surface area (Å²) in [7, 11) is 6.76. The number of fused-ring (bicyclic) bond motifs is 4. The molecule has 138 valence electrons. The molecule has 2 aromatic rings. The Bertz CT molecular complexity index is 833. The van der Waals surface area contributed by atoms with Crippen LogP contribution in [0.25, 0.3) is 0 Å². The molecule has 1 atom stereocenters. The van der Waals surface area contributed by atoms with Crippen LogP contribution in [0.4, 0.5) is 0 Å². The highest BCUT2D eigenvalue weighted by atomic mass is 16.5. The lowest BCUT2D eigenvalue weighted by molar-refractivity contribution is 0.160. The fraction of sp³-hybridized carbons (Fsp3) is 0.429. The van der Waals surface area contributed by atoms with Crippen LogP contribution in [-0.2, 0) is 19.4 Å². The van der Waals surface area contributed by atoms with Gasteiger partial charge in [-0.1, -0.05) is 0 Å². The zero-order chi connectivity index (χ0) is 18.3. The van der Waals surface area contributed by atoms with Crippen LogP contribution >= 0.6 is 0 Å². The van der Waals surface area contributed by atoms with Crippen molar-refractivity contribution in [3.8, 4) is 23.0 Å². The second kappa shape index (κ2) is 6.72. The van der Waals surface area contributed by atoms with Crippen molar-refractivity contribution in [2.75, 3.05) is 35.0 Å². The van der Waals surface area contributed by atoms with Crippen LogP contribution in [0.3, 0.4) is 0 Å². The van der Waals surface area contributed by atoms with E-state index in [2.05, 4.69) is 29.2 Å². The van der Waals surface area contributed by atoms with Gasteiger partial charge in [0.15, 0.2) is 23.0 Å². The molecule has 26 heavy (non-hydrogen) atoms. The van der Waals surface area contributed by atoms with Gasteiger partial charge in [-0.3, -0.25) is 4.90 Å². The van der Waals surface area contributed by atoms with Gasteiger partial charge in [-0.25, -0.2) is 0 Å². The Morgan fingerprint density at radius 3 is 1.88 bits per heavy atom. The van der Waals surface area contributed by atoms with Gasteiger partial charge in [0.25, 0.3) is 0 Å². The molecule has 0 saturated carbocycles. The molecule has 2 aliphatic rings. The summed E-state index contributed by atoms with van der Waals surface area (Å²) >= 11 is 0. The monoisotopic (exact) mass is 355 g/mol. The number of benzene rings is 2. The average molecular weight is 355 g/mol. The van der Waals surface area contributed by atoms with Crippen molar-refractivity contribution in [3.63, 3.8) is 0 Å². The van der Waals surface area contributed by atoms with Crippen molar-refractivity contribution < 1.29 is 18.9 Å². The maximum atomic E-state index is 5.54. The molecular weight excluding hydrogens is 330 g/mol. The minimum absolute atomic E-state index is 0.351. The topological polar surface area (TPSA) is 40.2 Å². The molecule has 0 amide bonds. The summed E-state index contributed by atoms with van der Waals surface area (Å²) in [5.41, 5.74) is 5.34. The molecule has 5 nitrogen and oxygen atoms in total. The molecule has 0 fully saturated rings. The Morgan fingerprint density at radius 1 is 0.731 bits per heavy atom. The lowest BCUT2D eigenvalue weighted by atomic mass is 9.83. The molecule has 0 saturated heterocycles. The summed E-state index contributed by atoms with van der Waals surface area (Å²) in [4.78, 5) is 2.54. The van der Waals surface area contributed by atoms with Crippen molar-refractivity contribution in [1.29, 1.82) is 0 Å². The molecular formula is C21H25NO4. The summed E-state index contributed by atoms with van der Waals surface area (Å²) in [6, 6.07) is 8.88. The number of hydrogen-bond donors (Lipinski definition) is 0. The molecule has 0 aliphatic carbocycles. The fourth-order valence-electron chi connectivity index (χ4n) is 4.24. The van der Waals surface area contributed by atoms with E-state index in [-0.39, 0.29) is 0 Å². The summed E-state index contributed by atoms with van der Waals surface area (Å²) in [5, 5.41) is 0. The van der Waals surface area contributed by atoms with Crippen LogP contribution < -0.4 is 18.9 Å². The van der Waals surface area contributed by atoms with Crippen LogP contribution in [0.15, 0.2) is 24.3 Å². The van der Waals surface area contributed by atoms with Crippen LogP contribution in [-0.4, -0.2) is 39.9 Å². The first kappa shape index (κ1) is 17.0. The van der Waals surface area contributed by atoms with Crippen molar-refractivity contribution in [2.45, 2.75) is 25.4 Å². The van der Waals surface area contributed by atoms with Gasteiger partial charge in [0.1, 0.15) is 0 Å². The summed E-state index contributed by atoms with van der Waals surface area (Å²) in [5.74, 6) is 3.20. The SMILES string of the molecule is COc1cc2c(cc1OC)CN1CCc3cc(OC)c(OC)cc3[C@@H]1C2. The summed E-state index contributed by atoms with van der Waals surface area (Å²) in [6.45, 7) is 1.97. The first-order valence-corrected chi connectivity index (χ1v) is 8.91. The molecule has 0 spiro atoms. The second-order valence-corrected chi connectivity index (χ2v) is 6.82. The normalized spacial score (nSPS) is 18.4. The van der Waals surface area contributed by atoms with E-state index in [0.717, 1.165) is 48.9 Å². The number of ether oxygens (including phenoxy) is 4. The van der Waals surface area contributed by atoms with E-state index in [1.165, 1.54) is 22.3 Å². The van der Waals surface area contributed by atoms with Crippen LogP contribution in [0.5, 0.6) is 23.0 Å². The fourth-order valence-corrected chi connectivity index (χ4v) is 4.24. The number of rotatable bonds is 4. The molecule has 2 aliphatic heterocycles. The Kier molecular flexibility index (Phi) is 4.41. The largest absolute Gasteiger partial charge is 0.493 e. The number of nitrogens with zero attached hydrogens (tertiary/aromatic N) is 1. The van der Waals surface area contributed by atoms with E-state index in [1.54, 1.807) is 28.4 Å². The predicted molar refractivity (Wildman–Crippen MR) is 99.7 cm³/mol. The average Bonchev–Trinajstić information content (AvgIpc) is 2.69. The summed E-state index contributed by atoms with van der Waals surface area (Å²) < 4.78 is 22.0. The van der Waals surface area contributed by atoms with Crippen LogP contribution in [0.2, 0.25) is 0 Å². The molecule has 0 N–H and O–H groups in total. The highest BCUT2D eigenvalue weighted by Gasteiger charge is 2.33. The molecule has 0 bridgehead atoms. The molecule has 2 heterocycles. The molecule has 2 aromatic carbocycles. The molecule has 4 rings (SSSR count). The smallest absolute Gasteiger partial charge is 0.161 e. The van der Waals surface area contributed by atoms with Gasteiger partial charge in [0.2, 0.25) is 0 Å². The van der Waals surface area contributed by atoms with Crippen LogP contribution in [0.1, 0.15) is 28.3 Å². The van der Waals surface area contributed by atoms with Crippen molar-refractivity contribution in [3.05, 3.63) is 46.5 Å². The zero-order valence-electron chi connectivity index (χ0n) is 15.8. The standard InChI is InChI=1S/C21H25NO4/c1-23-18-8-13-5-6-22-12-15-10-20(25-3)19(24-2)9-14(15)7-17(22)16(13)11-21(18)26-4/h8-11,17H,5-7,12H2,1-4H3/t17-/m0/s1. The van der Waals surface area contributed by atoms with E-state index in [4.69, 9.17) is 18.9 Å². The highest BCUT2D eigenvalue weighted by Crippen LogP contribution is 2.44. The third kappa shape index (κ3) is 2.67. The van der Waals surface area contributed by atoms with Crippen LogP contribution in [0, 0.1) is 0 Å². The van der Waals surface area contributed by atoms with E-state index >= 15 is 0 Å². The third-order valence-corrected chi connectivity index (χ3v) is 5.61. The summed E-state index contributed by atoms with van der Waals surface area (Å²) in [6.07, 6.45) is 1.98. The van der Waals surface area contributed by atoms with Crippen molar-refractivity contribution in [2.24, 2.45) is 0 Å². The number of methoxy groups -OCH3 is 4. The third-order valence-electron chi connectivity index (χ3n) is 5.61. The van der Waals surface area contributed by atoms with Gasteiger partial charge in [-0.2, -0.15) is 0 Å². The highest BCUT2D eigenvalue weighted by molar-refractivity contribution is 5.52. The van der Waals surface area contributed by atoms with E-state index < -0.39 is 0 Å². The Balaban J connectivity index is 1.75. The molecule has 0 radical (unpaired) electrons. The minimum Gasteiger partial charge on any atom is -0.493 e. The Hall–Kier alpha value is -2.40. The minimum atomic E-state index is 0.351. The van der Waals surface area contributed by atoms with Gasteiger partial charge < -0.3 is 18.9 Å². The first-order valence-electron chi connectivity index (χ1n) is 8.91. The maximum Gasteiger partial charge on any atom is 0.161 e. The lowest BCUT2D eigenvalue weighted by Crippen LogP contribution is -2.39. The molecule has 0 aromatic heterocycles. The molecule has 5 heteroatoms. The zero-order valence-corrected chi connectivity index (χ0v) is 15.8. The first-order chi connectivity index (χ1) is 12.7. The van der Waals surface area contributed by atoms with Crippen molar-refractivity contribution >= 4 is 0 Å². The Labute approximate surface area is 154 Å². The van der Waals surface area contributed by atoms with Gasteiger partial charge in [-0.05, 0) is 59.4 Å². The van der Waals surface area contributed by atoms with E-state index in [9.17, 15) is 0 Å². The van der Waals surface area contributed by atoms with E-state index in [1.807, 2.05) is 0 Å². The Morgan fingerprint density at radius 2 is 1.27 bits per heavy atom. The quantitative estimate of drug-likeness (QED) is 0.841.